The van der Waals surface area contributed by atoms with Crippen LogP contribution in [0, 0.1) is 5.92 Å². The monoisotopic (exact) mass is 355 g/mol. The largest absolute Gasteiger partial charge is 0.338 e. The fourth-order valence-corrected chi connectivity index (χ4v) is 3.93. The third kappa shape index (κ3) is 3.49. The first-order chi connectivity index (χ1) is 12.6. The Bertz CT molecular complexity index is 760. The number of hydrogen-bond donors (Lipinski definition) is 0. The number of carbonyl (C=O) groups excluding carboxylic acids is 1. The molecule has 0 N–H and O–H groups in total. The summed E-state index contributed by atoms with van der Waals surface area (Å²) in [6.07, 6.45) is 3.93. The highest BCUT2D eigenvalue weighted by atomic mass is 16.5. The van der Waals surface area contributed by atoms with Gasteiger partial charge in [-0.3, -0.25) is 14.7 Å². The molecule has 2 aromatic rings. The second-order valence-corrected chi connectivity index (χ2v) is 7.65. The number of piperidine rings is 1. The highest BCUT2D eigenvalue weighted by Gasteiger charge is 2.37. The zero-order valence-corrected chi connectivity index (χ0v) is 15.3. The fourth-order valence-electron chi connectivity index (χ4n) is 3.93. The average Bonchev–Trinajstić information content (AvgIpc) is 2.93. The van der Waals surface area contributed by atoms with Gasteiger partial charge < -0.3 is 9.42 Å². The quantitative estimate of drug-likeness (QED) is 0.838. The molecule has 3 saturated heterocycles. The SMILES string of the molecule is CC(C)c1noc(CN2C[C@@H]3CC[C@H]2CN(C(=O)c2ccccn2)C3)n1. The Kier molecular flexibility index (Phi) is 4.72. The fraction of sp³-hybridized carbons (Fsp3) is 0.579. The topological polar surface area (TPSA) is 75.4 Å². The van der Waals surface area contributed by atoms with E-state index in [-0.39, 0.29) is 11.8 Å². The lowest BCUT2D eigenvalue weighted by atomic mass is 9.95. The van der Waals surface area contributed by atoms with Crippen LogP contribution in [0.25, 0.3) is 0 Å². The first-order valence-electron chi connectivity index (χ1n) is 9.37. The highest BCUT2D eigenvalue weighted by Crippen LogP contribution is 2.29. The summed E-state index contributed by atoms with van der Waals surface area (Å²) in [5, 5.41) is 4.06. The lowest BCUT2D eigenvalue weighted by Crippen LogP contribution is -2.44. The van der Waals surface area contributed by atoms with Crippen LogP contribution >= 0.6 is 0 Å². The van der Waals surface area contributed by atoms with Crippen molar-refractivity contribution in [3.05, 3.63) is 41.8 Å². The van der Waals surface area contributed by atoms with E-state index in [4.69, 9.17) is 4.52 Å². The van der Waals surface area contributed by atoms with E-state index in [9.17, 15) is 4.79 Å². The summed E-state index contributed by atoms with van der Waals surface area (Å²) in [5.41, 5.74) is 0.527. The first kappa shape index (κ1) is 17.1. The Morgan fingerprint density at radius 3 is 2.88 bits per heavy atom. The Morgan fingerprint density at radius 2 is 2.15 bits per heavy atom. The van der Waals surface area contributed by atoms with E-state index in [1.807, 2.05) is 17.0 Å². The van der Waals surface area contributed by atoms with Crippen molar-refractivity contribution >= 4 is 5.91 Å². The van der Waals surface area contributed by atoms with Crippen LogP contribution in [0.1, 0.15) is 54.8 Å². The summed E-state index contributed by atoms with van der Waals surface area (Å²) in [5.74, 6) is 2.20. The van der Waals surface area contributed by atoms with E-state index in [1.165, 1.54) is 0 Å². The molecule has 0 radical (unpaired) electrons. The molecule has 3 aliphatic heterocycles. The molecular weight excluding hydrogens is 330 g/mol. The highest BCUT2D eigenvalue weighted by molar-refractivity contribution is 5.92. The smallest absolute Gasteiger partial charge is 0.272 e. The minimum Gasteiger partial charge on any atom is -0.338 e. The van der Waals surface area contributed by atoms with Gasteiger partial charge in [0.25, 0.3) is 5.91 Å². The van der Waals surface area contributed by atoms with Gasteiger partial charge in [-0.1, -0.05) is 25.1 Å². The van der Waals surface area contributed by atoms with Gasteiger partial charge in [0, 0.05) is 37.8 Å². The molecule has 0 saturated carbocycles. The maximum Gasteiger partial charge on any atom is 0.272 e. The average molecular weight is 355 g/mol. The van der Waals surface area contributed by atoms with Crippen molar-refractivity contribution in [3.63, 3.8) is 0 Å². The van der Waals surface area contributed by atoms with Crippen molar-refractivity contribution in [1.29, 1.82) is 0 Å². The number of amides is 1. The van der Waals surface area contributed by atoms with E-state index >= 15 is 0 Å². The maximum absolute atomic E-state index is 12.8. The van der Waals surface area contributed by atoms with Crippen LogP contribution in [0.4, 0.5) is 0 Å². The molecule has 0 spiro atoms. The summed E-state index contributed by atoms with van der Waals surface area (Å²) < 4.78 is 5.43. The predicted molar refractivity (Wildman–Crippen MR) is 95.4 cm³/mol. The molecule has 5 rings (SSSR count). The third-order valence-electron chi connectivity index (χ3n) is 5.34. The molecule has 26 heavy (non-hydrogen) atoms. The predicted octanol–water partition coefficient (Wildman–Crippen LogP) is 2.32. The van der Waals surface area contributed by atoms with Crippen LogP contribution in [0.15, 0.2) is 28.9 Å². The normalized spacial score (nSPS) is 23.4. The van der Waals surface area contributed by atoms with E-state index < -0.39 is 0 Å². The Labute approximate surface area is 153 Å². The molecule has 7 nitrogen and oxygen atoms in total. The van der Waals surface area contributed by atoms with E-state index in [0.717, 1.165) is 38.3 Å². The Balaban J connectivity index is 1.47. The number of aromatic nitrogens is 3. The number of nitrogens with zero attached hydrogens (tertiary/aromatic N) is 5. The zero-order chi connectivity index (χ0) is 18.1. The van der Waals surface area contributed by atoms with Crippen molar-refractivity contribution in [2.45, 2.75) is 45.2 Å². The number of hydrogen-bond acceptors (Lipinski definition) is 6. The van der Waals surface area contributed by atoms with Crippen LogP contribution in [-0.4, -0.2) is 56.5 Å². The lowest BCUT2D eigenvalue weighted by molar-refractivity contribution is 0.0726. The molecular formula is C19H25N5O2. The molecule has 138 valence electrons. The van der Waals surface area contributed by atoms with E-state index in [2.05, 4.69) is 33.9 Å². The summed E-state index contributed by atoms with van der Waals surface area (Å²) in [6.45, 7) is 7.27. The van der Waals surface area contributed by atoms with Crippen molar-refractivity contribution in [2.75, 3.05) is 19.6 Å². The molecule has 1 amide bonds. The summed E-state index contributed by atoms with van der Waals surface area (Å²) in [7, 11) is 0. The van der Waals surface area contributed by atoms with Crippen molar-refractivity contribution < 1.29 is 9.32 Å². The minimum absolute atomic E-state index is 0.0317. The third-order valence-corrected chi connectivity index (χ3v) is 5.34. The number of fused-ring (bicyclic) bond motifs is 4. The Hall–Kier alpha value is -2.28. The van der Waals surface area contributed by atoms with E-state index in [0.29, 0.717) is 30.1 Å². The molecule has 0 unspecified atom stereocenters. The van der Waals surface area contributed by atoms with Gasteiger partial charge >= 0.3 is 0 Å². The molecule has 3 aliphatic rings. The van der Waals surface area contributed by atoms with Gasteiger partial charge in [0.15, 0.2) is 5.82 Å². The van der Waals surface area contributed by atoms with Gasteiger partial charge in [-0.05, 0) is 30.9 Å². The molecule has 0 aliphatic carbocycles. The van der Waals surface area contributed by atoms with Crippen molar-refractivity contribution in [3.8, 4) is 0 Å². The molecule has 3 fully saturated rings. The molecule has 2 aromatic heterocycles. The number of pyridine rings is 1. The summed E-state index contributed by atoms with van der Waals surface area (Å²) in [4.78, 5) is 25.9. The number of rotatable bonds is 4. The molecule has 5 heterocycles. The van der Waals surface area contributed by atoms with Gasteiger partial charge in [-0.15, -0.1) is 0 Å². The summed E-state index contributed by atoms with van der Waals surface area (Å²) >= 11 is 0. The van der Waals surface area contributed by atoms with Crippen LogP contribution in [0.3, 0.4) is 0 Å². The van der Waals surface area contributed by atoms with Crippen LogP contribution in [0.5, 0.6) is 0 Å². The summed E-state index contributed by atoms with van der Waals surface area (Å²) in [6, 6.07) is 5.82. The van der Waals surface area contributed by atoms with Gasteiger partial charge in [0.1, 0.15) is 5.69 Å². The van der Waals surface area contributed by atoms with Gasteiger partial charge in [0.2, 0.25) is 5.89 Å². The van der Waals surface area contributed by atoms with Crippen LogP contribution in [-0.2, 0) is 6.54 Å². The number of carbonyl (C=O) groups is 1. The standard InChI is InChI=1S/C19H25N5O2/c1-13(2)18-21-17(26-22-18)12-23-9-14-6-7-15(23)11-24(10-14)19(25)16-5-3-4-8-20-16/h3-5,8,13-15H,6-7,9-12H2,1-2H3/t14-,15-/m0/s1. The second kappa shape index (κ2) is 7.15. The Morgan fingerprint density at radius 1 is 1.27 bits per heavy atom. The van der Waals surface area contributed by atoms with Gasteiger partial charge in [-0.25, -0.2) is 0 Å². The van der Waals surface area contributed by atoms with Crippen molar-refractivity contribution in [2.24, 2.45) is 5.92 Å². The van der Waals surface area contributed by atoms with Gasteiger partial charge in [-0.2, -0.15) is 4.98 Å². The van der Waals surface area contributed by atoms with Crippen molar-refractivity contribution in [1.82, 2.24) is 24.9 Å². The molecule has 7 heteroatoms. The van der Waals surface area contributed by atoms with Crippen LogP contribution < -0.4 is 0 Å². The second-order valence-electron chi connectivity index (χ2n) is 7.65. The molecule has 0 aromatic carbocycles. The molecule has 2 bridgehead atoms. The minimum atomic E-state index is 0.0317. The maximum atomic E-state index is 12.8. The first-order valence-corrected chi connectivity index (χ1v) is 9.37. The van der Waals surface area contributed by atoms with Crippen LogP contribution in [0.2, 0.25) is 0 Å². The molecule has 2 atom stereocenters. The van der Waals surface area contributed by atoms with E-state index in [1.54, 1.807) is 12.3 Å². The van der Waals surface area contributed by atoms with Gasteiger partial charge in [0.05, 0.1) is 6.54 Å². The zero-order valence-electron chi connectivity index (χ0n) is 15.3. The lowest BCUT2D eigenvalue weighted by Gasteiger charge is -2.34.